The molecule has 0 atom stereocenters. The Labute approximate surface area is 175 Å². The van der Waals surface area contributed by atoms with Crippen molar-refractivity contribution in [2.75, 3.05) is 11.9 Å². The molecule has 0 aromatic heterocycles. The van der Waals surface area contributed by atoms with E-state index < -0.39 is 7.75 Å². The van der Waals surface area contributed by atoms with Gasteiger partial charge in [-0.1, -0.05) is 36.4 Å². The third-order valence-corrected chi connectivity index (χ3v) is 5.35. The summed E-state index contributed by atoms with van der Waals surface area (Å²) in [5, 5.41) is 5.75. The van der Waals surface area contributed by atoms with Crippen molar-refractivity contribution in [1.29, 1.82) is 0 Å². The Kier molecular flexibility index (Phi) is 7.11. The van der Waals surface area contributed by atoms with Crippen LogP contribution >= 0.6 is 20.0 Å². The van der Waals surface area contributed by atoms with E-state index in [1.807, 2.05) is 31.2 Å². The van der Waals surface area contributed by atoms with Crippen molar-refractivity contribution in [3.8, 4) is 17.2 Å². The van der Waals surface area contributed by atoms with Crippen LogP contribution in [0.1, 0.15) is 6.92 Å². The standard InChI is InChI=1S/C21H21N2O4PS/c1-2-25-18-15-13-17(14-16-18)22-21(29)23-28(24,26-19-9-5-3-6-10-19)27-20-11-7-4-8-12-20/h3-16H,2H2,1H3,(H2,22,23,24,29). The highest BCUT2D eigenvalue weighted by Gasteiger charge is 2.30. The van der Waals surface area contributed by atoms with Crippen molar-refractivity contribution in [2.45, 2.75) is 6.92 Å². The summed E-state index contributed by atoms with van der Waals surface area (Å²) in [6.07, 6.45) is 0. The Morgan fingerprint density at radius 2 is 1.34 bits per heavy atom. The summed E-state index contributed by atoms with van der Waals surface area (Å²) >= 11 is 5.31. The van der Waals surface area contributed by atoms with Gasteiger partial charge in [0.05, 0.1) is 6.61 Å². The Bertz CT molecular complexity index is 923. The lowest BCUT2D eigenvalue weighted by molar-refractivity contribution is 0.340. The van der Waals surface area contributed by atoms with Gasteiger partial charge in [-0.3, -0.25) is 0 Å². The van der Waals surface area contributed by atoms with Crippen molar-refractivity contribution in [2.24, 2.45) is 0 Å². The van der Waals surface area contributed by atoms with Crippen LogP contribution in [0.25, 0.3) is 0 Å². The number of rotatable bonds is 8. The predicted octanol–water partition coefficient (Wildman–Crippen LogP) is 5.64. The largest absolute Gasteiger partial charge is 0.543 e. The van der Waals surface area contributed by atoms with E-state index in [2.05, 4.69) is 10.4 Å². The van der Waals surface area contributed by atoms with Gasteiger partial charge in [-0.2, -0.15) is 0 Å². The molecule has 150 valence electrons. The van der Waals surface area contributed by atoms with E-state index in [-0.39, 0.29) is 5.11 Å². The molecular formula is C21H21N2O4PS. The SMILES string of the molecule is CCOc1ccc(NC(=S)NP(=O)(Oc2ccccc2)Oc2ccccc2)cc1. The molecule has 0 saturated carbocycles. The van der Waals surface area contributed by atoms with E-state index >= 15 is 0 Å². The Morgan fingerprint density at radius 1 is 0.828 bits per heavy atom. The van der Waals surface area contributed by atoms with Crippen LogP contribution < -0.4 is 24.2 Å². The van der Waals surface area contributed by atoms with Crippen LogP contribution in [0.15, 0.2) is 84.9 Å². The number of hydrogen-bond donors (Lipinski definition) is 2. The van der Waals surface area contributed by atoms with Gasteiger partial charge in [-0.15, -0.1) is 0 Å². The van der Waals surface area contributed by atoms with Gasteiger partial charge in [-0.25, -0.2) is 9.65 Å². The van der Waals surface area contributed by atoms with Crippen molar-refractivity contribution in [3.05, 3.63) is 84.9 Å². The highest BCUT2D eigenvalue weighted by molar-refractivity contribution is 7.81. The van der Waals surface area contributed by atoms with Crippen LogP contribution in [-0.2, 0) is 4.57 Å². The summed E-state index contributed by atoms with van der Waals surface area (Å²) < 4.78 is 30.1. The molecule has 3 aromatic rings. The first-order valence-electron chi connectivity index (χ1n) is 8.98. The summed E-state index contributed by atoms with van der Waals surface area (Å²) in [5.74, 6) is 1.54. The molecule has 0 radical (unpaired) electrons. The maximum Gasteiger partial charge on any atom is 0.543 e. The molecule has 2 N–H and O–H groups in total. The van der Waals surface area contributed by atoms with Crippen LogP contribution in [0.2, 0.25) is 0 Å². The lowest BCUT2D eigenvalue weighted by Crippen LogP contribution is -2.29. The number of anilines is 1. The van der Waals surface area contributed by atoms with Gasteiger partial charge >= 0.3 is 7.75 Å². The molecule has 3 rings (SSSR count). The summed E-state index contributed by atoms with van der Waals surface area (Å²) in [7, 11) is -3.85. The summed E-state index contributed by atoms with van der Waals surface area (Å²) in [4.78, 5) is 0. The number of ether oxygens (including phenoxy) is 1. The van der Waals surface area contributed by atoms with Gasteiger partial charge < -0.3 is 19.1 Å². The number of hydrogen-bond acceptors (Lipinski definition) is 5. The zero-order chi connectivity index (χ0) is 20.5. The summed E-state index contributed by atoms with van der Waals surface area (Å²) in [5.41, 5.74) is 0.705. The van der Waals surface area contributed by atoms with E-state index in [1.165, 1.54) is 0 Å². The number of nitrogens with one attached hydrogen (secondary N) is 2. The average molecular weight is 428 g/mol. The molecule has 0 amide bonds. The summed E-state index contributed by atoms with van der Waals surface area (Å²) in [6, 6.07) is 24.8. The minimum Gasteiger partial charge on any atom is -0.494 e. The fraction of sp³-hybridized carbons (Fsp3) is 0.0952. The molecule has 29 heavy (non-hydrogen) atoms. The quantitative estimate of drug-likeness (QED) is 0.356. The molecule has 0 aliphatic heterocycles. The smallest absolute Gasteiger partial charge is 0.494 e. The van der Waals surface area contributed by atoms with E-state index in [9.17, 15) is 4.57 Å². The number of para-hydroxylation sites is 2. The molecule has 0 spiro atoms. The van der Waals surface area contributed by atoms with Crippen LogP contribution in [0.5, 0.6) is 17.2 Å². The van der Waals surface area contributed by atoms with E-state index in [4.69, 9.17) is 26.0 Å². The van der Waals surface area contributed by atoms with Gasteiger partial charge in [-0.05, 0) is 67.7 Å². The predicted molar refractivity (Wildman–Crippen MR) is 119 cm³/mol. The highest BCUT2D eigenvalue weighted by atomic mass is 32.1. The molecule has 0 aliphatic carbocycles. The second kappa shape index (κ2) is 9.96. The molecule has 0 fully saturated rings. The molecule has 3 aromatic carbocycles. The van der Waals surface area contributed by atoms with Crippen molar-refractivity contribution in [1.82, 2.24) is 5.09 Å². The Morgan fingerprint density at radius 3 is 1.83 bits per heavy atom. The summed E-state index contributed by atoms with van der Waals surface area (Å²) in [6.45, 7) is 2.51. The molecule has 0 unspecified atom stereocenters. The highest BCUT2D eigenvalue weighted by Crippen LogP contribution is 2.44. The molecule has 8 heteroatoms. The number of benzene rings is 3. The van der Waals surface area contributed by atoms with Gasteiger partial charge in [0.25, 0.3) is 0 Å². The molecular weight excluding hydrogens is 407 g/mol. The maximum absolute atomic E-state index is 13.4. The first-order valence-corrected chi connectivity index (χ1v) is 10.9. The van der Waals surface area contributed by atoms with Crippen LogP contribution in [-0.4, -0.2) is 11.7 Å². The van der Waals surface area contributed by atoms with Crippen LogP contribution in [0, 0.1) is 0 Å². The van der Waals surface area contributed by atoms with Crippen molar-refractivity contribution < 1.29 is 18.3 Å². The lowest BCUT2D eigenvalue weighted by atomic mass is 10.3. The lowest BCUT2D eigenvalue weighted by Gasteiger charge is -2.21. The van der Waals surface area contributed by atoms with Gasteiger partial charge in [0.2, 0.25) is 0 Å². The third-order valence-electron chi connectivity index (χ3n) is 3.60. The molecule has 0 heterocycles. The second-order valence-electron chi connectivity index (χ2n) is 5.83. The van der Waals surface area contributed by atoms with Crippen molar-refractivity contribution in [3.63, 3.8) is 0 Å². The normalized spacial score (nSPS) is 10.7. The van der Waals surface area contributed by atoms with Gasteiger partial charge in [0, 0.05) is 5.69 Å². The van der Waals surface area contributed by atoms with Gasteiger partial charge in [0.15, 0.2) is 5.11 Å². The van der Waals surface area contributed by atoms with Crippen LogP contribution in [0.3, 0.4) is 0 Å². The average Bonchev–Trinajstić information content (AvgIpc) is 2.71. The first-order chi connectivity index (χ1) is 14.1. The molecule has 6 nitrogen and oxygen atoms in total. The fourth-order valence-corrected chi connectivity index (χ4v) is 4.07. The van der Waals surface area contributed by atoms with Gasteiger partial charge in [0.1, 0.15) is 17.2 Å². The topological polar surface area (TPSA) is 68.8 Å². The minimum absolute atomic E-state index is 0.101. The minimum atomic E-state index is -3.85. The maximum atomic E-state index is 13.4. The first kappa shape index (κ1) is 20.7. The molecule has 0 aliphatic rings. The molecule has 0 saturated heterocycles. The fourth-order valence-electron chi connectivity index (χ4n) is 2.39. The Balaban J connectivity index is 1.73. The number of thiocarbonyl (C=S) groups is 1. The second-order valence-corrected chi connectivity index (χ2v) is 7.82. The van der Waals surface area contributed by atoms with Crippen LogP contribution in [0.4, 0.5) is 5.69 Å². The van der Waals surface area contributed by atoms with E-state index in [0.717, 1.165) is 5.75 Å². The molecule has 0 bridgehead atoms. The Hall–Kier alpha value is -3.02. The zero-order valence-electron chi connectivity index (χ0n) is 15.8. The van der Waals surface area contributed by atoms with E-state index in [1.54, 1.807) is 60.7 Å². The third kappa shape index (κ3) is 6.52. The zero-order valence-corrected chi connectivity index (χ0v) is 17.5. The monoisotopic (exact) mass is 428 g/mol. The van der Waals surface area contributed by atoms with E-state index in [0.29, 0.717) is 23.8 Å². The van der Waals surface area contributed by atoms with Crippen molar-refractivity contribution >= 4 is 30.8 Å².